The van der Waals surface area contributed by atoms with Gasteiger partial charge in [-0.2, -0.15) is 10.5 Å². The first-order chi connectivity index (χ1) is 9.42. The zero-order valence-electron chi connectivity index (χ0n) is 12.0. The average Bonchev–Trinajstić information content (AvgIpc) is 2.37. The summed E-state index contributed by atoms with van der Waals surface area (Å²) in [7, 11) is 0. The summed E-state index contributed by atoms with van der Waals surface area (Å²) < 4.78 is 0. The second-order valence-electron chi connectivity index (χ2n) is 4.66. The number of hydrogen-bond donors (Lipinski definition) is 1. The van der Waals surface area contributed by atoms with Gasteiger partial charge in [0, 0.05) is 19.1 Å². The Morgan fingerprint density at radius 2 is 1.60 bits per heavy atom. The molecule has 0 saturated carbocycles. The zero-order chi connectivity index (χ0) is 15.5. The third-order valence-electron chi connectivity index (χ3n) is 2.77. The lowest BCUT2D eigenvalue weighted by atomic mass is 10.2. The fraction of sp³-hybridized carbons (Fsp3) is 0.692. The van der Waals surface area contributed by atoms with Gasteiger partial charge in [0.15, 0.2) is 0 Å². The topological polar surface area (TPSA) is 114 Å². The maximum Gasteiger partial charge on any atom is 0.236 e. The van der Waals surface area contributed by atoms with Gasteiger partial charge in [-0.1, -0.05) is 0 Å². The van der Waals surface area contributed by atoms with Crippen LogP contribution in [0.3, 0.4) is 0 Å². The van der Waals surface area contributed by atoms with E-state index in [1.807, 2.05) is 26.0 Å². The molecule has 7 heteroatoms. The van der Waals surface area contributed by atoms with E-state index < -0.39 is 5.91 Å². The van der Waals surface area contributed by atoms with Crippen LogP contribution in [0.5, 0.6) is 0 Å². The van der Waals surface area contributed by atoms with Gasteiger partial charge in [-0.25, -0.2) is 0 Å². The van der Waals surface area contributed by atoms with E-state index in [0.29, 0.717) is 13.1 Å². The maximum absolute atomic E-state index is 12.2. The van der Waals surface area contributed by atoms with Crippen LogP contribution in [-0.4, -0.2) is 53.8 Å². The van der Waals surface area contributed by atoms with Crippen molar-refractivity contribution in [3.8, 4) is 12.1 Å². The molecular formula is C13H21N5O2. The van der Waals surface area contributed by atoms with Crippen molar-refractivity contribution in [2.75, 3.05) is 26.2 Å². The average molecular weight is 279 g/mol. The molecule has 0 aromatic carbocycles. The number of amides is 2. The summed E-state index contributed by atoms with van der Waals surface area (Å²) in [5.74, 6) is -0.697. The van der Waals surface area contributed by atoms with Crippen molar-refractivity contribution in [1.29, 1.82) is 10.5 Å². The molecule has 0 atom stereocenters. The first kappa shape index (κ1) is 17.9. The third-order valence-corrected chi connectivity index (χ3v) is 2.77. The van der Waals surface area contributed by atoms with Gasteiger partial charge in [-0.05, 0) is 13.8 Å². The molecule has 0 radical (unpaired) electrons. The Morgan fingerprint density at radius 3 is 1.95 bits per heavy atom. The predicted octanol–water partition coefficient (Wildman–Crippen LogP) is -0.162. The number of rotatable bonds is 9. The summed E-state index contributed by atoms with van der Waals surface area (Å²) >= 11 is 0. The minimum atomic E-state index is -0.493. The van der Waals surface area contributed by atoms with Crippen LogP contribution in [-0.2, 0) is 9.59 Å². The van der Waals surface area contributed by atoms with Crippen LogP contribution < -0.4 is 5.73 Å². The normalized spacial score (nSPS) is 10.1. The van der Waals surface area contributed by atoms with Gasteiger partial charge in [-0.3, -0.25) is 14.5 Å². The lowest BCUT2D eigenvalue weighted by Gasteiger charge is -2.28. The van der Waals surface area contributed by atoms with E-state index in [1.165, 1.54) is 4.90 Å². The maximum atomic E-state index is 12.2. The second-order valence-corrected chi connectivity index (χ2v) is 4.66. The minimum Gasteiger partial charge on any atom is -0.369 e. The van der Waals surface area contributed by atoms with E-state index in [-0.39, 0.29) is 37.9 Å². The number of hydrogen-bond acceptors (Lipinski definition) is 5. The first-order valence-electron chi connectivity index (χ1n) is 6.46. The Labute approximate surface area is 119 Å². The van der Waals surface area contributed by atoms with Crippen molar-refractivity contribution < 1.29 is 9.59 Å². The van der Waals surface area contributed by atoms with Gasteiger partial charge in [0.2, 0.25) is 11.8 Å². The molecule has 0 aromatic heterocycles. The first-order valence-corrected chi connectivity index (χ1v) is 6.46. The van der Waals surface area contributed by atoms with Gasteiger partial charge >= 0.3 is 0 Å². The van der Waals surface area contributed by atoms with E-state index in [9.17, 15) is 9.59 Å². The van der Waals surface area contributed by atoms with Crippen molar-refractivity contribution >= 4 is 11.8 Å². The van der Waals surface area contributed by atoms with E-state index in [0.717, 1.165) is 0 Å². The Morgan fingerprint density at radius 1 is 1.10 bits per heavy atom. The molecule has 2 amide bonds. The Kier molecular flexibility index (Phi) is 8.73. The number of carbonyl (C=O) groups excluding carboxylic acids is 2. The lowest BCUT2D eigenvalue weighted by Crippen LogP contribution is -2.46. The molecule has 7 nitrogen and oxygen atoms in total. The standard InChI is InChI=1S/C13H21N5O2/c1-11(2)18(9-12(16)19)10-13(20)17(7-3-5-14)8-4-6-15/h11H,3-4,7-10H2,1-2H3,(H2,16,19). The molecule has 0 heterocycles. The van der Waals surface area contributed by atoms with E-state index in [2.05, 4.69) is 0 Å². The van der Waals surface area contributed by atoms with Crippen LogP contribution in [0.15, 0.2) is 0 Å². The monoisotopic (exact) mass is 279 g/mol. The number of primary amides is 1. The highest BCUT2D eigenvalue weighted by Gasteiger charge is 2.20. The highest BCUT2D eigenvalue weighted by molar-refractivity contribution is 5.80. The minimum absolute atomic E-state index is 0.000216. The summed E-state index contributed by atoms with van der Waals surface area (Å²) in [4.78, 5) is 26.3. The number of nitrogens with two attached hydrogens (primary N) is 1. The Bertz CT molecular complexity index is 390. The second kappa shape index (κ2) is 9.76. The Balaban J connectivity index is 4.65. The molecule has 110 valence electrons. The third kappa shape index (κ3) is 7.34. The molecule has 20 heavy (non-hydrogen) atoms. The molecule has 0 unspecified atom stereocenters. The molecule has 0 aromatic rings. The largest absolute Gasteiger partial charge is 0.369 e. The van der Waals surface area contributed by atoms with Gasteiger partial charge in [0.05, 0.1) is 38.1 Å². The summed E-state index contributed by atoms with van der Waals surface area (Å²) in [6.45, 7) is 4.38. The highest BCUT2D eigenvalue weighted by Crippen LogP contribution is 2.02. The smallest absolute Gasteiger partial charge is 0.236 e. The molecular weight excluding hydrogens is 258 g/mol. The van der Waals surface area contributed by atoms with E-state index in [1.54, 1.807) is 4.90 Å². The molecule has 0 bridgehead atoms. The van der Waals surface area contributed by atoms with E-state index in [4.69, 9.17) is 16.3 Å². The molecule has 0 aliphatic carbocycles. The summed E-state index contributed by atoms with van der Waals surface area (Å²) in [6.07, 6.45) is 0.434. The Hall–Kier alpha value is -2.12. The molecule has 0 fully saturated rings. The number of nitriles is 2. The van der Waals surface area contributed by atoms with Crippen LogP contribution in [0.25, 0.3) is 0 Å². The summed E-state index contributed by atoms with van der Waals surface area (Å²) in [5.41, 5.74) is 5.15. The lowest BCUT2D eigenvalue weighted by molar-refractivity contribution is -0.133. The van der Waals surface area contributed by atoms with Gasteiger partial charge in [-0.15, -0.1) is 0 Å². The summed E-state index contributed by atoms with van der Waals surface area (Å²) in [6, 6.07) is 3.95. The zero-order valence-corrected chi connectivity index (χ0v) is 12.0. The van der Waals surface area contributed by atoms with Crippen LogP contribution in [0, 0.1) is 22.7 Å². The van der Waals surface area contributed by atoms with Gasteiger partial charge in [0.1, 0.15) is 0 Å². The van der Waals surface area contributed by atoms with Crippen LogP contribution in [0.1, 0.15) is 26.7 Å². The van der Waals surface area contributed by atoms with E-state index >= 15 is 0 Å². The van der Waals surface area contributed by atoms with Gasteiger partial charge in [0.25, 0.3) is 0 Å². The number of nitrogens with zero attached hydrogens (tertiary/aromatic N) is 4. The molecule has 0 spiro atoms. The SMILES string of the molecule is CC(C)N(CC(N)=O)CC(=O)N(CCC#N)CCC#N. The predicted molar refractivity (Wildman–Crippen MR) is 72.9 cm³/mol. The molecule has 0 saturated heterocycles. The van der Waals surface area contributed by atoms with Crippen LogP contribution in [0.4, 0.5) is 0 Å². The summed E-state index contributed by atoms with van der Waals surface area (Å²) in [5, 5.41) is 17.2. The molecule has 0 rings (SSSR count). The fourth-order valence-corrected chi connectivity index (χ4v) is 1.63. The molecule has 0 aliphatic rings. The fourth-order valence-electron chi connectivity index (χ4n) is 1.63. The quantitative estimate of drug-likeness (QED) is 0.629. The van der Waals surface area contributed by atoms with Crippen molar-refractivity contribution in [1.82, 2.24) is 9.80 Å². The van der Waals surface area contributed by atoms with Gasteiger partial charge < -0.3 is 10.6 Å². The van der Waals surface area contributed by atoms with Crippen molar-refractivity contribution in [2.24, 2.45) is 5.73 Å². The van der Waals surface area contributed by atoms with Crippen molar-refractivity contribution in [3.05, 3.63) is 0 Å². The number of carbonyl (C=O) groups is 2. The van der Waals surface area contributed by atoms with Crippen molar-refractivity contribution in [2.45, 2.75) is 32.7 Å². The highest BCUT2D eigenvalue weighted by atomic mass is 16.2. The van der Waals surface area contributed by atoms with Crippen LogP contribution in [0.2, 0.25) is 0 Å². The molecule has 0 aliphatic heterocycles. The van der Waals surface area contributed by atoms with Crippen molar-refractivity contribution in [3.63, 3.8) is 0 Å². The molecule has 2 N–H and O–H groups in total. The van der Waals surface area contributed by atoms with Crippen LogP contribution >= 0.6 is 0 Å².